The molecule has 0 aliphatic heterocycles. The van der Waals surface area contributed by atoms with Crippen LogP contribution in [0.4, 0.5) is 0 Å². The normalized spacial score (nSPS) is 22.9. The predicted octanol–water partition coefficient (Wildman–Crippen LogP) is 3.44. The Morgan fingerprint density at radius 2 is 2.31 bits per heavy atom. The van der Waals surface area contributed by atoms with Gasteiger partial charge in [0.05, 0.1) is 6.10 Å². The third-order valence-electron chi connectivity index (χ3n) is 2.30. The number of thiophene rings is 1. The summed E-state index contributed by atoms with van der Waals surface area (Å²) in [6.45, 7) is 0. The van der Waals surface area contributed by atoms with E-state index in [1.807, 2.05) is 6.08 Å². The summed E-state index contributed by atoms with van der Waals surface area (Å²) in [5.41, 5.74) is 2.54. The highest BCUT2D eigenvalue weighted by Crippen LogP contribution is 2.33. The van der Waals surface area contributed by atoms with Crippen LogP contribution >= 0.6 is 27.3 Å². The minimum Gasteiger partial charge on any atom is -0.389 e. The van der Waals surface area contributed by atoms with Crippen LogP contribution in [0.5, 0.6) is 0 Å². The maximum atomic E-state index is 9.48. The highest BCUT2D eigenvalue weighted by molar-refractivity contribution is 9.10. The number of rotatable bonds is 1. The Labute approximate surface area is 90.2 Å². The zero-order valence-electron chi connectivity index (χ0n) is 7.16. The Hall–Kier alpha value is -0.120. The van der Waals surface area contributed by atoms with Gasteiger partial charge in [0.15, 0.2) is 0 Å². The fraction of sp³-hybridized carbons (Fsp3) is 0.400. The molecule has 13 heavy (non-hydrogen) atoms. The van der Waals surface area contributed by atoms with Crippen molar-refractivity contribution in [3.63, 3.8) is 0 Å². The summed E-state index contributed by atoms with van der Waals surface area (Å²) in [6, 6.07) is 0. The molecule has 1 aliphatic carbocycles. The molecule has 0 fully saturated rings. The minimum absolute atomic E-state index is 0.240. The van der Waals surface area contributed by atoms with Gasteiger partial charge in [-0.3, -0.25) is 0 Å². The average molecular weight is 259 g/mol. The Bertz CT molecular complexity index is 329. The molecule has 1 aromatic heterocycles. The van der Waals surface area contributed by atoms with Crippen molar-refractivity contribution in [2.45, 2.75) is 25.4 Å². The number of halogens is 1. The van der Waals surface area contributed by atoms with E-state index >= 15 is 0 Å². The van der Waals surface area contributed by atoms with E-state index in [-0.39, 0.29) is 6.10 Å². The highest BCUT2D eigenvalue weighted by Gasteiger charge is 2.14. The van der Waals surface area contributed by atoms with Crippen molar-refractivity contribution in [2.24, 2.45) is 0 Å². The fourth-order valence-corrected chi connectivity index (χ4v) is 3.21. The molecule has 0 saturated carbocycles. The van der Waals surface area contributed by atoms with Crippen LogP contribution in [0, 0.1) is 0 Å². The zero-order chi connectivity index (χ0) is 9.26. The fourth-order valence-electron chi connectivity index (χ4n) is 1.64. The van der Waals surface area contributed by atoms with Gasteiger partial charge in [0.1, 0.15) is 0 Å². The van der Waals surface area contributed by atoms with Gasteiger partial charge >= 0.3 is 0 Å². The van der Waals surface area contributed by atoms with Crippen LogP contribution in [0.25, 0.3) is 5.57 Å². The first-order chi connectivity index (χ1) is 6.27. The summed E-state index contributed by atoms with van der Waals surface area (Å²) in [5, 5.41) is 13.7. The topological polar surface area (TPSA) is 20.2 Å². The Morgan fingerprint density at radius 1 is 1.46 bits per heavy atom. The van der Waals surface area contributed by atoms with E-state index in [0.29, 0.717) is 0 Å². The number of aliphatic hydroxyl groups excluding tert-OH is 1. The maximum absolute atomic E-state index is 9.48. The van der Waals surface area contributed by atoms with Gasteiger partial charge in [0.25, 0.3) is 0 Å². The summed E-state index contributed by atoms with van der Waals surface area (Å²) in [5.74, 6) is 0. The van der Waals surface area contributed by atoms with Gasteiger partial charge in [-0.1, -0.05) is 6.08 Å². The Kier molecular flexibility index (Phi) is 2.86. The van der Waals surface area contributed by atoms with Crippen LogP contribution in [0.1, 0.15) is 24.8 Å². The van der Waals surface area contributed by atoms with Crippen molar-refractivity contribution in [1.29, 1.82) is 0 Å². The molecule has 1 aromatic rings. The third kappa shape index (κ3) is 2.03. The number of aliphatic hydroxyl groups is 1. The number of allylic oxidation sites excluding steroid dienone is 1. The monoisotopic (exact) mass is 258 g/mol. The molecule has 0 radical (unpaired) electrons. The summed E-state index contributed by atoms with van der Waals surface area (Å²) in [4.78, 5) is 0. The van der Waals surface area contributed by atoms with E-state index in [4.69, 9.17) is 0 Å². The lowest BCUT2D eigenvalue weighted by atomic mass is 9.94. The summed E-state index contributed by atoms with van der Waals surface area (Å²) in [7, 11) is 0. The molecule has 1 unspecified atom stereocenters. The van der Waals surface area contributed by atoms with Gasteiger partial charge in [0, 0.05) is 15.4 Å². The van der Waals surface area contributed by atoms with E-state index in [2.05, 4.69) is 26.7 Å². The summed E-state index contributed by atoms with van der Waals surface area (Å²) in [6.07, 6.45) is 4.83. The average Bonchev–Trinajstić information content (AvgIpc) is 2.51. The second-order valence-corrected chi connectivity index (χ2v) is 4.88. The molecule has 1 nitrogen and oxygen atoms in total. The van der Waals surface area contributed by atoms with Crippen LogP contribution in [-0.2, 0) is 0 Å². The van der Waals surface area contributed by atoms with Crippen LogP contribution in [0.3, 0.4) is 0 Å². The standard InChI is InChI=1S/C10H11BrOS/c11-10-6-13-5-9(10)7-2-1-3-8(12)4-7/h4-6,8,12H,1-3H2. The zero-order valence-corrected chi connectivity index (χ0v) is 9.57. The van der Waals surface area contributed by atoms with Gasteiger partial charge in [-0.2, -0.15) is 11.3 Å². The molecule has 0 amide bonds. The summed E-state index contributed by atoms with van der Waals surface area (Å²) >= 11 is 5.20. The van der Waals surface area contributed by atoms with Crippen molar-refractivity contribution in [3.05, 3.63) is 26.9 Å². The lowest BCUT2D eigenvalue weighted by Gasteiger charge is -2.16. The van der Waals surface area contributed by atoms with Gasteiger partial charge in [-0.25, -0.2) is 0 Å². The molecule has 1 atom stereocenters. The van der Waals surface area contributed by atoms with Gasteiger partial charge in [0.2, 0.25) is 0 Å². The lowest BCUT2D eigenvalue weighted by molar-refractivity contribution is 0.206. The second-order valence-electron chi connectivity index (χ2n) is 3.28. The molecular weight excluding hydrogens is 248 g/mol. The first-order valence-electron chi connectivity index (χ1n) is 4.38. The Morgan fingerprint density at radius 3 is 2.92 bits per heavy atom. The quantitative estimate of drug-likeness (QED) is 0.819. The van der Waals surface area contributed by atoms with Crippen molar-refractivity contribution >= 4 is 32.8 Å². The van der Waals surface area contributed by atoms with E-state index in [1.165, 1.54) is 11.1 Å². The van der Waals surface area contributed by atoms with Crippen LogP contribution in [0.2, 0.25) is 0 Å². The van der Waals surface area contributed by atoms with Gasteiger partial charge in [-0.15, -0.1) is 0 Å². The molecule has 70 valence electrons. The predicted molar refractivity (Wildman–Crippen MR) is 59.9 cm³/mol. The van der Waals surface area contributed by atoms with Crippen molar-refractivity contribution in [2.75, 3.05) is 0 Å². The van der Waals surface area contributed by atoms with Gasteiger partial charge in [-0.05, 0) is 46.1 Å². The van der Waals surface area contributed by atoms with Crippen molar-refractivity contribution in [1.82, 2.24) is 0 Å². The minimum atomic E-state index is -0.240. The first-order valence-corrected chi connectivity index (χ1v) is 6.12. The van der Waals surface area contributed by atoms with E-state index < -0.39 is 0 Å². The van der Waals surface area contributed by atoms with Crippen LogP contribution < -0.4 is 0 Å². The van der Waals surface area contributed by atoms with Crippen molar-refractivity contribution < 1.29 is 5.11 Å². The molecule has 1 N–H and O–H groups in total. The molecule has 0 aromatic carbocycles. The van der Waals surface area contributed by atoms with Crippen molar-refractivity contribution in [3.8, 4) is 0 Å². The Balaban J connectivity index is 2.30. The lowest BCUT2D eigenvalue weighted by Crippen LogP contribution is -2.08. The largest absolute Gasteiger partial charge is 0.389 e. The highest BCUT2D eigenvalue weighted by atomic mass is 79.9. The molecule has 0 spiro atoms. The number of hydrogen-bond donors (Lipinski definition) is 1. The SMILES string of the molecule is OC1C=C(c2cscc2Br)CCC1. The van der Waals surface area contributed by atoms with E-state index in [0.717, 1.165) is 23.7 Å². The van der Waals surface area contributed by atoms with E-state index in [9.17, 15) is 5.11 Å². The molecule has 1 heterocycles. The summed E-state index contributed by atoms with van der Waals surface area (Å²) < 4.78 is 1.15. The van der Waals surface area contributed by atoms with Crippen LogP contribution in [0.15, 0.2) is 21.3 Å². The number of hydrogen-bond acceptors (Lipinski definition) is 2. The van der Waals surface area contributed by atoms with Crippen LogP contribution in [-0.4, -0.2) is 11.2 Å². The first kappa shape index (κ1) is 9.44. The maximum Gasteiger partial charge on any atom is 0.0726 e. The molecule has 0 bridgehead atoms. The molecule has 3 heteroatoms. The molecular formula is C10H11BrOS. The molecule has 0 saturated heterocycles. The second kappa shape index (κ2) is 3.95. The molecule has 2 rings (SSSR count). The third-order valence-corrected chi connectivity index (χ3v) is 4.00. The smallest absolute Gasteiger partial charge is 0.0726 e. The van der Waals surface area contributed by atoms with E-state index in [1.54, 1.807) is 11.3 Å². The van der Waals surface area contributed by atoms with Gasteiger partial charge < -0.3 is 5.11 Å². The molecule has 1 aliphatic rings.